The third-order valence-electron chi connectivity index (χ3n) is 3.11. The molecule has 0 bridgehead atoms. The van der Waals surface area contributed by atoms with Crippen molar-refractivity contribution in [1.29, 1.82) is 0 Å². The number of anilines is 1. The Morgan fingerprint density at radius 1 is 1.39 bits per heavy atom. The lowest BCUT2D eigenvalue weighted by atomic mass is 9.96. The number of rotatable bonds is 6. The molecule has 1 rings (SSSR count). The molecule has 104 valence electrons. The molecule has 1 aromatic rings. The Morgan fingerprint density at radius 2 is 1.94 bits per heavy atom. The van der Waals surface area contributed by atoms with Crippen molar-refractivity contribution in [1.82, 2.24) is 9.71 Å². The van der Waals surface area contributed by atoms with Crippen LogP contribution < -0.4 is 10.5 Å². The summed E-state index contributed by atoms with van der Waals surface area (Å²) in [6, 6.07) is -0.0901. The van der Waals surface area contributed by atoms with Crippen LogP contribution in [0, 0.1) is 12.8 Å². The molecule has 1 aromatic heterocycles. The highest BCUT2D eigenvalue weighted by Crippen LogP contribution is 2.25. The fraction of sp³-hybridized carbons (Fsp3) is 0.727. The number of nitrogens with one attached hydrogen (secondary N) is 1. The van der Waals surface area contributed by atoms with Crippen LogP contribution in [0.1, 0.15) is 39.3 Å². The zero-order valence-corrected chi connectivity index (χ0v) is 12.9. The molecular weight excluding hydrogens is 270 g/mol. The predicted octanol–water partition coefficient (Wildman–Crippen LogP) is 2.14. The average Bonchev–Trinajstić information content (AvgIpc) is 2.59. The standard InChI is InChI=1S/C11H21N3O2S2/c1-5-9(6-2)7(3)14-18(15,16)10-8(4)13-11(12)17-10/h7,9,14H,5-6H2,1-4H3,(H2,12,13). The summed E-state index contributed by atoms with van der Waals surface area (Å²) in [5.41, 5.74) is 5.99. The van der Waals surface area contributed by atoms with E-state index in [4.69, 9.17) is 5.73 Å². The molecule has 18 heavy (non-hydrogen) atoms. The number of aryl methyl sites for hydroxylation is 1. The van der Waals surface area contributed by atoms with Gasteiger partial charge in [-0.15, -0.1) is 0 Å². The van der Waals surface area contributed by atoms with E-state index in [9.17, 15) is 8.42 Å². The first-order valence-electron chi connectivity index (χ1n) is 6.07. The largest absolute Gasteiger partial charge is 0.375 e. The number of nitrogens with zero attached hydrogens (tertiary/aromatic N) is 1. The lowest BCUT2D eigenvalue weighted by Crippen LogP contribution is -2.37. The molecule has 5 nitrogen and oxygen atoms in total. The van der Waals surface area contributed by atoms with Crippen molar-refractivity contribution in [3.05, 3.63) is 5.69 Å². The molecule has 0 amide bonds. The summed E-state index contributed by atoms with van der Waals surface area (Å²) in [6.07, 6.45) is 1.90. The summed E-state index contributed by atoms with van der Waals surface area (Å²) in [6.45, 7) is 7.68. The molecule has 0 aliphatic rings. The third kappa shape index (κ3) is 3.43. The first-order valence-corrected chi connectivity index (χ1v) is 8.37. The van der Waals surface area contributed by atoms with Gasteiger partial charge in [-0.2, -0.15) is 0 Å². The third-order valence-corrected chi connectivity index (χ3v) is 6.27. The van der Waals surface area contributed by atoms with Crippen LogP contribution in [0.4, 0.5) is 5.13 Å². The lowest BCUT2D eigenvalue weighted by molar-refractivity contribution is 0.391. The summed E-state index contributed by atoms with van der Waals surface area (Å²) in [5, 5.41) is 0.281. The molecular formula is C11H21N3O2S2. The van der Waals surface area contributed by atoms with Gasteiger partial charge in [-0.25, -0.2) is 18.1 Å². The van der Waals surface area contributed by atoms with Gasteiger partial charge in [0.1, 0.15) is 0 Å². The maximum absolute atomic E-state index is 12.2. The second-order valence-corrected chi connectivity index (χ2v) is 7.35. The Labute approximate surface area is 113 Å². The Kier molecular flexibility index (Phi) is 5.12. The molecule has 0 spiro atoms. The highest BCUT2D eigenvalue weighted by atomic mass is 32.2. The van der Waals surface area contributed by atoms with Gasteiger partial charge in [0.25, 0.3) is 10.0 Å². The molecule has 0 saturated heterocycles. The van der Waals surface area contributed by atoms with Crippen molar-refractivity contribution in [2.75, 3.05) is 5.73 Å². The van der Waals surface area contributed by atoms with Crippen LogP contribution in [0.15, 0.2) is 4.21 Å². The highest BCUT2D eigenvalue weighted by Gasteiger charge is 2.25. The van der Waals surface area contributed by atoms with Crippen LogP contribution in [0.2, 0.25) is 0 Å². The molecule has 1 atom stereocenters. The summed E-state index contributed by atoms with van der Waals surface area (Å²) < 4.78 is 27.4. The van der Waals surface area contributed by atoms with Crippen LogP contribution in [0.5, 0.6) is 0 Å². The van der Waals surface area contributed by atoms with E-state index in [2.05, 4.69) is 23.6 Å². The lowest BCUT2D eigenvalue weighted by Gasteiger charge is -2.21. The van der Waals surface area contributed by atoms with E-state index in [1.54, 1.807) is 6.92 Å². The van der Waals surface area contributed by atoms with Crippen LogP contribution >= 0.6 is 11.3 Å². The maximum atomic E-state index is 12.2. The summed E-state index contributed by atoms with van der Waals surface area (Å²) >= 11 is 1.01. The molecule has 0 fully saturated rings. The van der Waals surface area contributed by atoms with Gasteiger partial charge >= 0.3 is 0 Å². The topological polar surface area (TPSA) is 85.1 Å². The van der Waals surface area contributed by atoms with E-state index in [0.717, 1.165) is 24.2 Å². The average molecular weight is 291 g/mol. The van der Waals surface area contributed by atoms with Gasteiger partial charge in [0.2, 0.25) is 0 Å². The van der Waals surface area contributed by atoms with Crippen molar-refractivity contribution in [2.24, 2.45) is 5.92 Å². The van der Waals surface area contributed by atoms with Crippen LogP contribution in [-0.4, -0.2) is 19.4 Å². The minimum absolute atomic E-state index is 0.0901. The van der Waals surface area contributed by atoms with Crippen molar-refractivity contribution in [3.63, 3.8) is 0 Å². The van der Waals surface area contributed by atoms with Gasteiger partial charge in [0.15, 0.2) is 9.34 Å². The zero-order chi connectivity index (χ0) is 13.9. The molecule has 7 heteroatoms. The van der Waals surface area contributed by atoms with Gasteiger partial charge in [0.05, 0.1) is 5.69 Å². The normalized spacial score (nSPS) is 14.1. The zero-order valence-electron chi connectivity index (χ0n) is 11.2. The molecule has 1 unspecified atom stereocenters. The highest BCUT2D eigenvalue weighted by molar-refractivity contribution is 7.91. The summed E-state index contributed by atoms with van der Waals surface area (Å²) in [7, 11) is -3.51. The first-order chi connectivity index (χ1) is 8.31. The van der Waals surface area contributed by atoms with E-state index in [1.807, 2.05) is 6.92 Å². The van der Waals surface area contributed by atoms with Gasteiger partial charge in [-0.3, -0.25) is 0 Å². The first kappa shape index (κ1) is 15.4. The number of aromatic nitrogens is 1. The van der Waals surface area contributed by atoms with Crippen molar-refractivity contribution in [3.8, 4) is 0 Å². The van der Waals surface area contributed by atoms with Gasteiger partial charge < -0.3 is 5.73 Å². The van der Waals surface area contributed by atoms with Crippen molar-refractivity contribution >= 4 is 26.5 Å². The Hall–Kier alpha value is -0.660. The smallest absolute Gasteiger partial charge is 0.252 e. The fourth-order valence-electron chi connectivity index (χ4n) is 2.04. The van der Waals surface area contributed by atoms with Crippen LogP contribution in [0.3, 0.4) is 0 Å². The second-order valence-electron chi connectivity index (χ2n) is 4.41. The van der Waals surface area contributed by atoms with Crippen LogP contribution in [0.25, 0.3) is 0 Å². The van der Waals surface area contributed by atoms with Crippen molar-refractivity contribution in [2.45, 2.75) is 50.8 Å². The van der Waals surface area contributed by atoms with E-state index in [0.29, 0.717) is 11.6 Å². The molecule has 0 aromatic carbocycles. The molecule has 3 N–H and O–H groups in total. The fourth-order valence-corrected chi connectivity index (χ4v) is 4.67. The maximum Gasteiger partial charge on any atom is 0.252 e. The number of hydrogen-bond acceptors (Lipinski definition) is 5. The minimum Gasteiger partial charge on any atom is -0.375 e. The number of sulfonamides is 1. The van der Waals surface area contributed by atoms with Gasteiger partial charge in [-0.05, 0) is 19.8 Å². The van der Waals surface area contributed by atoms with E-state index < -0.39 is 10.0 Å². The number of nitrogens with two attached hydrogens (primary N) is 1. The quantitative estimate of drug-likeness (QED) is 0.841. The number of thiazole rings is 1. The molecule has 0 saturated carbocycles. The molecule has 0 aliphatic heterocycles. The number of nitrogen functional groups attached to an aromatic ring is 1. The van der Waals surface area contributed by atoms with Gasteiger partial charge in [0, 0.05) is 6.04 Å². The Morgan fingerprint density at radius 3 is 2.33 bits per heavy atom. The van der Waals surface area contributed by atoms with Crippen molar-refractivity contribution < 1.29 is 8.42 Å². The monoisotopic (exact) mass is 291 g/mol. The van der Waals surface area contributed by atoms with E-state index in [-0.39, 0.29) is 15.4 Å². The Balaban J connectivity index is 2.92. The second kappa shape index (κ2) is 5.99. The Bertz CT molecular complexity index is 492. The number of hydrogen-bond donors (Lipinski definition) is 2. The van der Waals surface area contributed by atoms with E-state index in [1.165, 1.54) is 0 Å². The SMILES string of the molecule is CCC(CC)C(C)NS(=O)(=O)c1sc(N)nc1C. The predicted molar refractivity (Wildman–Crippen MR) is 75.1 cm³/mol. The van der Waals surface area contributed by atoms with E-state index >= 15 is 0 Å². The molecule has 0 radical (unpaired) electrons. The minimum atomic E-state index is -3.51. The molecule has 0 aliphatic carbocycles. The summed E-state index contributed by atoms with van der Waals surface area (Å²) in [5.74, 6) is 0.338. The summed E-state index contributed by atoms with van der Waals surface area (Å²) in [4.78, 5) is 3.95. The van der Waals surface area contributed by atoms with Crippen LogP contribution in [-0.2, 0) is 10.0 Å². The van der Waals surface area contributed by atoms with Gasteiger partial charge in [-0.1, -0.05) is 38.0 Å². The molecule has 1 heterocycles.